The molecule has 3 heteroatoms. The fourth-order valence-electron chi connectivity index (χ4n) is 1.99. The van der Waals surface area contributed by atoms with Crippen LogP contribution in [-0.4, -0.2) is 9.78 Å². The molecule has 1 aromatic heterocycles. The minimum absolute atomic E-state index is 0.701. The molecule has 0 unspecified atom stereocenters. The summed E-state index contributed by atoms with van der Waals surface area (Å²) in [6, 6.07) is 10.6. The molecule has 1 aliphatic carbocycles. The third-order valence-electron chi connectivity index (χ3n) is 3.15. The van der Waals surface area contributed by atoms with Crippen LogP contribution in [0.15, 0.2) is 30.3 Å². The van der Waals surface area contributed by atoms with Gasteiger partial charge in [0.05, 0.1) is 5.69 Å². The summed E-state index contributed by atoms with van der Waals surface area (Å²) in [5, 5.41) is 4.39. The van der Waals surface area contributed by atoms with Gasteiger partial charge < -0.3 is 5.73 Å². The smallest absolute Gasteiger partial charge is 0.121 e. The van der Waals surface area contributed by atoms with Crippen molar-refractivity contribution in [2.45, 2.75) is 18.8 Å². The molecule has 0 amide bonds. The number of hydrogen-bond donors (Lipinski definition) is 1. The van der Waals surface area contributed by atoms with E-state index in [1.165, 1.54) is 18.4 Å². The molecule has 3 rings (SSSR count). The normalized spacial score (nSPS) is 15.3. The molecule has 0 aliphatic heterocycles. The fraction of sp³-hybridized carbons (Fsp3) is 0.308. The lowest BCUT2D eigenvalue weighted by atomic mass is 10.1. The van der Waals surface area contributed by atoms with Crippen LogP contribution in [0.25, 0.3) is 11.3 Å². The summed E-state index contributed by atoms with van der Waals surface area (Å²) in [5.41, 5.74) is 9.35. The number of nitrogens with zero attached hydrogens (tertiary/aromatic N) is 2. The van der Waals surface area contributed by atoms with Gasteiger partial charge >= 0.3 is 0 Å². The van der Waals surface area contributed by atoms with Gasteiger partial charge in [0.2, 0.25) is 0 Å². The van der Waals surface area contributed by atoms with Crippen molar-refractivity contribution in [2.75, 3.05) is 5.73 Å². The minimum atomic E-state index is 0.701. The summed E-state index contributed by atoms with van der Waals surface area (Å²) in [6.07, 6.45) is 2.65. The second-order valence-electron chi connectivity index (χ2n) is 4.48. The number of nitrogens with two attached hydrogens (primary N) is 1. The first-order chi connectivity index (χ1) is 7.74. The highest BCUT2D eigenvalue weighted by molar-refractivity contribution is 5.63. The van der Waals surface area contributed by atoms with Gasteiger partial charge in [0.15, 0.2) is 0 Å². The molecule has 16 heavy (non-hydrogen) atoms. The molecular weight excluding hydrogens is 198 g/mol. The summed E-state index contributed by atoms with van der Waals surface area (Å²) < 4.78 is 1.71. The van der Waals surface area contributed by atoms with Crippen LogP contribution in [0.3, 0.4) is 0 Å². The third-order valence-corrected chi connectivity index (χ3v) is 3.15. The summed E-state index contributed by atoms with van der Waals surface area (Å²) in [4.78, 5) is 0. The van der Waals surface area contributed by atoms with E-state index in [0.29, 0.717) is 5.82 Å². The van der Waals surface area contributed by atoms with Crippen molar-refractivity contribution in [3.63, 3.8) is 0 Å². The predicted octanol–water partition coefficient (Wildman–Crippen LogP) is 2.55. The molecule has 0 saturated heterocycles. The second kappa shape index (κ2) is 3.37. The number of aromatic nitrogens is 2. The zero-order valence-electron chi connectivity index (χ0n) is 9.35. The van der Waals surface area contributed by atoms with Gasteiger partial charge in [0, 0.05) is 18.7 Å². The van der Waals surface area contributed by atoms with Crippen LogP contribution < -0.4 is 5.73 Å². The van der Waals surface area contributed by atoms with Crippen LogP contribution >= 0.6 is 0 Å². The fourth-order valence-corrected chi connectivity index (χ4v) is 1.99. The van der Waals surface area contributed by atoms with Gasteiger partial charge in [-0.15, -0.1) is 0 Å². The molecule has 3 nitrogen and oxygen atoms in total. The molecule has 2 aromatic rings. The van der Waals surface area contributed by atoms with E-state index in [1.54, 1.807) is 4.68 Å². The minimum Gasteiger partial charge on any atom is -0.384 e. The van der Waals surface area contributed by atoms with Gasteiger partial charge in [-0.2, -0.15) is 5.10 Å². The zero-order valence-corrected chi connectivity index (χ0v) is 9.35. The first kappa shape index (κ1) is 9.46. The number of nitrogen functional groups attached to an aromatic ring is 1. The molecule has 1 heterocycles. The van der Waals surface area contributed by atoms with E-state index in [0.717, 1.165) is 17.2 Å². The molecule has 2 N–H and O–H groups in total. The average molecular weight is 213 g/mol. The van der Waals surface area contributed by atoms with Crippen molar-refractivity contribution in [1.29, 1.82) is 0 Å². The van der Waals surface area contributed by atoms with Gasteiger partial charge in [-0.25, -0.2) is 0 Å². The molecular formula is C13H15N3. The van der Waals surface area contributed by atoms with Gasteiger partial charge in [-0.3, -0.25) is 4.68 Å². The van der Waals surface area contributed by atoms with Crippen molar-refractivity contribution in [2.24, 2.45) is 7.05 Å². The molecule has 1 fully saturated rings. The first-order valence-corrected chi connectivity index (χ1v) is 5.64. The van der Waals surface area contributed by atoms with E-state index in [9.17, 15) is 0 Å². The summed E-state index contributed by atoms with van der Waals surface area (Å²) in [7, 11) is 1.86. The SMILES string of the molecule is Cn1nc(-c2cccc(C3CC3)c2)cc1N. The van der Waals surface area contributed by atoms with Crippen LogP contribution in [0.2, 0.25) is 0 Å². The number of benzene rings is 1. The van der Waals surface area contributed by atoms with E-state index in [4.69, 9.17) is 5.73 Å². The van der Waals surface area contributed by atoms with Crippen LogP contribution in [0.5, 0.6) is 0 Å². The number of anilines is 1. The quantitative estimate of drug-likeness (QED) is 0.833. The first-order valence-electron chi connectivity index (χ1n) is 5.64. The van der Waals surface area contributed by atoms with Crippen LogP contribution in [-0.2, 0) is 7.05 Å². The Morgan fingerprint density at radius 2 is 2.12 bits per heavy atom. The number of aryl methyl sites for hydroxylation is 1. The Hall–Kier alpha value is -1.77. The Morgan fingerprint density at radius 1 is 1.31 bits per heavy atom. The Balaban J connectivity index is 2.01. The second-order valence-corrected chi connectivity index (χ2v) is 4.48. The highest BCUT2D eigenvalue weighted by Crippen LogP contribution is 2.41. The monoisotopic (exact) mass is 213 g/mol. The molecule has 0 spiro atoms. The van der Waals surface area contributed by atoms with Crippen molar-refractivity contribution in [3.8, 4) is 11.3 Å². The lowest BCUT2D eigenvalue weighted by Gasteiger charge is -2.01. The number of hydrogen-bond acceptors (Lipinski definition) is 2. The molecule has 82 valence electrons. The van der Waals surface area contributed by atoms with Crippen molar-refractivity contribution in [3.05, 3.63) is 35.9 Å². The largest absolute Gasteiger partial charge is 0.384 e. The molecule has 0 atom stereocenters. The Bertz CT molecular complexity index is 504. The lowest BCUT2D eigenvalue weighted by molar-refractivity contribution is 0.782. The predicted molar refractivity (Wildman–Crippen MR) is 65.0 cm³/mol. The molecule has 1 aromatic carbocycles. The molecule has 0 bridgehead atoms. The lowest BCUT2D eigenvalue weighted by Crippen LogP contribution is -1.96. The standard InChI is InChI=1S/C13H15N3/c1-16-13(14)8-12(15-16)11-4-2-3-10(7-11)9-5-6-9/h2-4,7-9H,5-6,14H2,1H3. The highest BCUT2D eigenvalue weighted by Gasteiger charge is 2.23. The Morgan fingerprint density at radius 3 is 2.75 bits per heavy atom. The highest BCUT2D eigenvalue weighted by atomic mass is 15.3. The van der Waals surface area contributed by atoms with Gasteiger partial charge in [0.25, 0.3) is 0 Å². The van der Waals surface area contributed by atoms with Gasteiger partial charge in [-0.1, -0.05) is 18.2 Å². The summed E-state index contributed by atoms with van der Waals surface area (Å²) in [5.74, 6) is 1.48. The van der Waals surface area contributed by atoms with E-state index >= 15 is 0 Å². The molecule has 1 aliphatic rings. The van der Waals surface area contributed by atoms with Crippen molar-refractivity contribution >= 4 is 5.82 Å². The van der Waals surface area contributed by atoms with Gasteiger partial charge in [0.1, 0.15) is 5.82 Å². The van der Waals surface area contributed by atoms with Crippen LogP contribution in [0.1, 0.15) is 24.3 Å². The third kappa shape index (κ3) is 1.58. The maximum atomic E-state index is 5.79. The Kier molecular flexibility index (Phi) is 1.99. The average Bonchev–Trinajstić information content (AvgIpc) is 3.07. The maximum absolute atomic E-state index is 5.79. The number of rotatable bonds is 2. The van der Waals surface area contributed by atoms with Crippen molar-refractivity contribution in [1.82, 2.24) is 9.78 Å². The van der Waals surface area contributed by atoms with E-state index in [1.807, 2.05) is 13.1 Å². The summed E-state index contributed by atoms with van der Waals surface area (Å²) in [6.45, 7) is 0. The van der Waals surface area contributed by atoms with Crippen LogP contribution in [0.4, 0.5) is 5.82 Å². The van der Waals surface area contributed by atoms with Crippen molar-refractivity contribution < 1.29 is 0 Å². The van der Waals surface area contributed by atoms with E-state index < -0.39 is 0 Å². The summed E-state index contributed by atoms with van der Waals surface area (Å²) >= 11 is 0. The molecule has 1 saturated carbocycles. The topological polar surface area (TPSA) is 43.8 Å². The maximum Gasteiger partial charge on any atom is 0.121 e. The van der Waals surface area contributed by atoms with Gasteiger partial charge in [-0.05, 0) is 30.4 Å². The van der Waals surface area contributed by atoms with Crippen LogP contribution in [0, 0.1) is 0 Å². The van der Waals surface area contributed by atoms with E-state index in [2.05, 4.69) is 29.4 Å². The zero-order chi connectivity index (χ0) is 11.1. The Labute approximate surface area is 94.9 Å². The van der Waals surface area contributed by atoms with E-state index in [-0.39, 0.29) is 0 Å². The molecule has 0 radical (unpaired) electrons.